The molecule has 0 heterocycles. The molecule has 0 amide bonds. The SMILES string of the molecule is CCCC=CC(O)(CC)C(C)O. The number of rotatable bonds is 5. The van der Waals surface area contributed by atoms with Gasteiger partial charge >= 0.3 is 0 Å². The van der Waals surface area contributed by atoms with Crippen molar-refractivity contribution in [1.82, 2.24) is 0 Å². The van der Waals surface area contributed by atoms with Crippen molar-refractivity contribution >= 4 is 0 Å². The summed E-state index contributed by atoms with van der Waals surface area (Å²) in [7, 11) is 0. The van der Waals surface area contributed by atoms with Crippen LogP contribution in [0, 0.1) is 0 Å². The first-order valence-corrected chi connectivity index (χ1v) is 4.65. The Hall–Kier alpha value is -0.340. The molecule has 12 heavy (non-hydrogen) atoms. The van der Waals surface area contributed by atoms with Crippen LogP contribution >= 0.6 is 0 Å². The van der Waals surface area contributed by atoms with Crippen molar-refractivity contribution in [2.75, 3.05) is 0 Å². The number of unbranched alkanes of at least 4 members (excludes halogenated alkanes) is 1. The fraction of sp³-hybridized carbons (Fsp3) is 0.800. The third kappa shape index (κ3) is 3.37. The molecule has 0 aromatic rings. The van der Waals surface area contributed by atoms with Gasteiger partial charge in [-0.05, 0) is 19.8 Å². The minimum Gasteiger partial charge on any atom is -0.390 e. The molecule has 2 nitrogen and oxygen atoms in total. The molecule has 0 bridgehead atoms. The monoisotopic (exact) mass is 172 g/mol. The van der Waals surface area contributed by atoms with E-state index in [4.69, 9.17) is 0 Å². The molecule has 0 rings (SSSR count). The highest BCUT2D eigenvalue weighted by Gasteiger charge is 2.26. The van der Waals surface area contributed by atoms with E-state index in [0.29, 0.717) is 6.42 Å². The fourth-order valence-electron chi connectivity index (χ4n) is 1.01. The van der Waals surface area contributed by atoms with Gasteiger partial charge in [0.05, 0.1) is 6.10 Å². The second-order valence-corrected chi connectivity index (χ2v) is 3.21. The predicted molar refractivity (Wildman–Crippen MR) is 51.0 cm³/mol. The zero-order valence-electron chi connectivity index (χ0n) is 8.25. The number of aliphatic hydroxyl groups excluding tert-OH is 1. The van der Waals surface area contributed by atoms with Gasteiger partial charge in [0.2, 0.25) is 0 Å². The van der Waals surface area contributed by atoms with E-state index >= 15 is 0 Å². The normalized spacial score (nSPS) is 19.4. The van der Waals surface area contributed by atoms with Crippen LogP contribution in [0.1, 0.15) is 40.0 Å². The van der Waals surface area contributed by atoms with E-state index in [-0.39, 0.29) is 0 Å². The molecule has 2 unspecified atom stereocenters. The fourth-order valence-corrected chi connectivity index (χ4v) is 1.01. The Morgan fingerprint density at radius 2 is 2.00 bits per heavy atom. The van der Waals surface area contributed by atoms with Crippen LogP contribution in [0.15, 0.2) is 12.2 Å². The maximum Gasteiger partial charge on any atom is 0.108 e. The largest absolute Gasteiger partial charge is 0.390 e. The van der Waals surface area contributed by atoms with E-state index in [1.54, 1.807) is 13.0 Å². The molecule has 2 heteroatoms. The van der Waals surface area contributed by atoms with Crippen LogP contribution in [-0.2, 0) is 0 Å². The first-order valence-electron chi connectivity index (χ1n) is 4.65. The molecule has 0 saturated carbocycles. The van der Waals surface area contributed by atoms with Crippen molar-refractivity contribution in [3.8, 4) is 0 Å². The molecule has 0 fully saturated rings. The van der Waals surface area contributed by atoms with Gasteiger partial charge in [0.1, 0.15) is 5.60 Å². The van der Waals surface area contributed by atoms with Crippen LogP contribution < -0.4 is 0 Å². The summed E-state index contributed by atoms with van der Waals surface area (Å²) in [6, 6.07) is 0. The molecule has 0 aromatic carbocycles. The maximum absolute atomic E-state index is 9.79. The summed E-state index contributed by atoms with van der Waals surface area (Å²) >= 11 is 0. The average Bonchev–Trinajstić information content (AvgIpc) is 2.04. The number of allylic oxidation sites excluding steroid dienone is 1. The second-order valence-electron chi connectivity index (χ2n) is 3.21. The summed E-state index contributed by atoms with van der Waals surface area (Å²) in [5, 5.41) is 19.1. The van der Waals surface area contributed by atoms with E-state index in [0.717, 1.165) is 12.8 Å². The van der Waals surface area contributed by atoms with Gasteiger partial charge in [-0.15, -0.1) is 0 Å². The predicted octanol–water partition coefficient (Wildman–Crippen LogP) is 1.86. The zero-order valence-corrected chi connectivity index (χ0v) is 8.25. The Labute approximate surface area is 74.9 Å². The third-order valence-corrected chi connectivity index (χ3v) is 2.15. The average molecular weight is 172 g/mol. The van der Waals surface area contributed by atoms with E-state index in [1.807, 2.05) is 13.0 Å². The van der Waals surface area contributed by atoms with Crippen molar-refractivity contribution in [3.63, 3.8) is 0 Å². The van der Waals surface area contributed by atoms with Gasteiger partial charge in [0.25, 0.3) is 0 Å². The first-order chi connectivity index (χ1) is 5.56. The highest BCUT2D eigenvalue weighted by Crippen LogP contribution is 2.17. The van der Waals surface area contributed by atoms with Gasteiger partial charge in [0, 0.05) is 0 Å². The molecule has 0 aliphatic carbocycles. The van der Waals surface area contributed by atoms with Gasteiger partial charge in [-0.1, -0.05) is 32.4 Å². The number of hydrogen-bond donors (Lipinski definition) is 2. The lowest BCUT2D eigenvalue weighted by Crippen LogP contribution is -2.37. The summed E-state index contributed by atoms with van der Waals surface area (Å²) in [5.41, 5.74) is -1.03. The van der Waals surface area contributed by atoms with Crippen LogP contribution in [0.5, 0.6) is 0 Å². The smallest absolute Gasteiger partial charge is 0.108 e. The molecule has 0 aromatic heterocycles. The van der Waals surface area contributed by atoms with Crippen LogP contribution in [0.3, 0.4) is 0 Å². The van der Waals surface area contributed by atoms with E-state index in [2.05, 4.69) is 6.92 Å². The second kappa shape index (κ2) is 5.33. The lowest BCUT2D eigenvalue weighted by atomic mass is 9.94. The maximum atomic E-state index is 9.79. The van der Waals surface area contributed by atoms with Crippen molar-refractivity contribution in [2.45, 2.75) is 51.7 Å². The summed E-state index contributed by atoms with van der Waals surface area (Å²) in [4.78, 5) is 0. The zero-order chi connectivity index (χ0) is 9.61. The molecule has 0 aliphatic rings. The Balaban J connectivity index is 4.13. The molecule has 0 aliphatic heterocycles. The Morgan fingerprint density at radius 1 is 1.42 bits per heavy atom. The molecule has 0 saturated heterocycles. The minimum atomic E-state index is -1.03. The van der Waals surface area contributed by atoms with Gasteiger partial charge in [0.15, 0.2) is 0 Å². The van der Waals surface area contributed by atoms with E-state index in [1.165, 1.54) is 0 Å². The highest BCUT2D eigenvalue weighted by atomic mass is 16.3. The van der Waals surface area contributed by atoms with Crippen LogP contribution in [-0.4, -0.2) is 21.9 Å². The molecule has 0 radical (unpaired) electrons. The van der Waals surface area contributed by atoms with E-state index < -0.39 is 11.7 Å². The molecule has 0 spiro atoms. The van der Waals surface area contributed by atoms with Crippen LogP contribution in [0.4, 0.5) is 0 Å². The number of aliphatic hydroxyl groups is 2. The summed E-state index contributed by atoms with van der Waals surface area (Å²) < 4.78 is 0. The van der Waals surface area contributed by atoms with Crippen molar-refractivity contribution in [1.29, 1.82) is 0 Å². The molecule has 2 atom stereocenters. The lowest BCUT2D eigenvalue weighted by molar-refractivity contribution is -0.0316. The highest BCUT2D eigenvalue weighted by molar-refractivity contribution is 5.03. The minimum absolute atomic E-state index is 0.547. The van der Waals surface area contributed by atoms with Gasteiger partial charge in [-0.25, -0.2) is 0 Å². The first kappa shape index (κ1) is 11.7. The molecular weight excluding hydrogens is 152 g/mol. The topological polar surface area (TPSA) is 40.5 Å². The standard InChI is InChI=1S/C10H20O2/c1-4-6-7-8-10(12,5-2)9(3)11/h7-9,11-12H,4-6H2,1-3H3. The van der Waals surface area contributed by atoms with Crippen molar-refractivity contribution in [3.05, 3.63) is 12.2 Å². The van der Waals surface area contributed by atoms with Gasteiger partial charge in [-0.2, -0.15) is 0 Å². The van der Waals surface area contributed by atoms with Gasteiger partial charge in [-0.3, -0.25) is 0 Å². The molecular formula is C10H20O2. The van der Waals surface area contributed by atoms with Crippen molar-refractivity contribution < 1.29 is 10.2 Å². The Kier molecular flexibility index (Phi) is 5.18. The van der Waals surface area contributed by atoms with Crippen LogP contribution in [0.25, 0.3) is 0 Å². The quantitative estimate of drug-likeness (QED) is 0.621. The van der Waals surface area contributed by atoms with Gasteiger partial charge < -0.3 is 10.2 Å². The third-order valence-electron chi connectivity index (χ3n) is 2.15. The lowest BCUT2D eigenvalue weighted by Gasteiger charge is -2.26. The van der Waals surface area contributed by atoms with Crippen molar-refractivity contribution in [2.24, 2.45) is 0 Å². The molecule has 72 valence electrons. The summed E-state index contributed by atoms with van der Waals surface area (Å²) in [6.07, 6.45) is 5.50. The van der Waals surface area contributed by atoms with Crippen LogP contribution in [0.2, 0.25) is 0 Å². The Morgan fingerprint density at radius 3 is 2.33 bits per heavy atom. The summed E-state index contributed by atoms with van der Waals surface area (Å²) in [5.74, 6) is 0. The van der Waals surface area contributed by atoms with E-state index in [9.17, 15) is 10.2 Å². The Bertz CT molecular complexity index is 141. The molecule has 2 N–H and O–H groups in total. The summed E-state index contributed by atoms with van der Waals surface area (Å²) in [6.45, 7) is 5.56. The number of hydrogen-bond acceptors (Lipinski definition) is 2.